The Labute approximate surface area is 174 Å². The summed E-state index contributed by atoms with van der Waals surface area (Å²) in [6.07, 6.45) is 2.23. The number of ether oxygens (including phenoxy) is 2. The third-order valence-corrected chi connectivity index (χ3v) is 5.05. The van der Waals surface area contributed by atoms with Gasteiger partial charge in [-0.05, 0) is 17.2 Å². The number of aromatic nitrogens is 1. The zero-order valence-corrected chi connectivity index (χ0v) is 16.5. The molecule has 1 amide bonds. The van der Waals surface area contributed by atoms with E-state index in [1.54, 1.807) is 6.07 Å². The van der Waals surface area contributed by atoms with Crippen LogP contribution in [0.1, 0.15) is 33.9 Å². The molecule has 0 unspecified atom stereocenters. The van der Waals surface area contributed by atoms with Crippen LogP contribution in [0.3, 0.4) is 0 Å². The minimum absolute atomic E-state index is 0.0554. The van der Waals surface area contributed by atoms with Crippen LogP contribution in [0.15, 0.2) is 72.9 Å². The molecule has 1 N–H and O–H groups in total. The van der Waals surface area contributed by atoms with Gasteiger partial charge in [-0.25, -0.2) is 4.98 Å². The summed E-state index contributed by atoms with van der Waals surface area (Å²) in [4.78, 5) is 17.2. The third kappa shape index (κ3) is 4.75. The van der Waals surface area contributed by atoms with Crippen molar-refractivity contribution in [2.24, 2.45) is 0 Å². The van der Waals surface area contributed by atoms with Gasteiger partial charge < -0.3 is 14.8 Å². The molecule has 4 rings (SSSR count). The highest BCUT2D eigenvalue weighted by Crippen LogP contribution is 2.26. The number of carbonyl (C=O) groups is 1. The van der Waals surface area contributed by atoms with Crippen molar-refractivity contribution < 1.29 is 14.3 Å². The first-order chi connectivity index (χ1) is 14.2. The number of amides is 1. The second kappa shape index (κ2) is 9.07. The fraction of sp³-hybridized carbons (Fsp3) is 0.217. The van der Waals surface area contributed by atoms with Gasteiger partial charge in [0.05, 0.1) is 24.8 Å². The summed E-state index contributed by atoms with van der Waals surface area (Å²) in [5.74, 6) is 0.0641. The lowest BCUT2D eigenvalue weighted by Gasteiger charge is -2.20. The van der Waals surface area contributed by atoms with Crippen LogP contribution in [0.4, 0.5) is 0 Å². The fourth-order valence-electron chi connectivity index (χ4n) is 3.26. The summed E-state index contributed by atoms with van der Waals surface area (Å²) < 4.78 is 11.1. The maximum absolute atomic E-state index is 12.9. The van der Waals surface area contributed by atoms with Gasteiger partial charge in [-0.2, -0.15) is 0 Å². The van der Waals surface area contributed by atoms with E-state index in [0.29, 0.717) is 29.7 Å². The summed E-state index contributed by atoms with van der Waals surface area (Å²) >= 11 is 6.31. The number of nitrogens with zero attached hydrogens (tertiary/aromatic N) is 1. The number of nitrogens with one attached hydrogen (secondary N) is 1. The molecule has 1 aliphatic heterocycles. The number of hydrogen-bond acceptors (Lipinski definition) is 4. The second-order valence-corrected chi connectivity index (χ2v) is 7.25. The number of hydrogen-bond donors (Lipinski definition) is 1. The van der Waals surface area contributed by atoms with E-state index in [1.165, 1.54) is 6.20 Å². The molecule has 0 radical (unpaired) electrons. The van der Waals surface area contributed by atoms with Gasteiger partial charge in [0.2, 0.25) is 5.88 Å². The molecule has 0 bridgehead atoms. The van der Waals surface area contributed by atoms with Crippen LogP contribution in [0.25, 0.3) is 0 Å². The zero-order chi connectivity index (χ0) is 20.1. The number of rotatable bonds is 6. The summed E-state index contributed by atoms with van der Waals surface area (Å²) in [6, 6.07) is 21.0. The van der Waals surface area contributed by atoms with Gasteiger partial charge in [-0.3, -0.25) is 4.79 Å². The Morgan fingerprint density at radius 1 is 1.10 bits per heavy atom. The molecule has 1 aromatic heterocycles. The normalized spacial score (nSPS) is 16.0. The van der Waals surface area contributed by atoms with Crippen molar-refractivity contribution in [1.82, 2.24) is 10.3 Å². The van der Waals surface area contributed by atoms with Crippen molar-refractivity contribution in [2.75, 3.05) is 13.2 Å². The minimum atomic E-state index is -0.282. The molecule has 0 spiro atoms. The van der Waals surface area contributed by atoms with Crippen molar-refractivity contribution in [1.29, 1.82) is 0 Å². The largest absolute Gasteiger partial charge is 0.471 e. The monoisotopic (exact) mass is 408 g/mol. The smallest absolute Gasteiger partial charge is 0.253 e. The van der Waals surface area contributed by atoms with E-state index in [4.69, 9.17) is 21.1 Å². The lowest BCUT2D eigenvalue weighted by Crippen LogP contribution is -2.29. The standard InChI is InChI=1S/C23H21ClN2O3/c24-20-13-18(14-25-23(20)29-19-11-12-28-15-19)22(27)26-21(16-7-3-1-4-8-16)17-9-5-2-6-10-17/h1-10,13-14,19,21H,11-12,15H2,(H,26,27)/t19-/m0/s1. The van der Waals surface area contributed by atoms with E-state index in [9.17, 15) is 4.79 Å². The molecule has 2 aromatic carbocycles. The molecule has 1 atom stereocenters. The van der Waals surface area contributed by atoms with E-state index in [1.807, 2.05) is 60.7 Å². The highest BCUT2D eigenvalue weighted by atomic mass is 35.5. The molecular weight excluding hydrogens is 388 g/mol. The van der Waals surface area contributed by atoms with Gasteiger partial charge in [0.25, 0.3) is 5.91 Å². The molecule has 0 aliphatic carbocycles. The first-order valence-corrected chi connectivity index (χ1v) is 9.89. The average Bonchev–Trinajstić information content (AvgIpc) is 3.28. The number of carbonyl (C=O) groups excluding carboxylic acids is 1. The molecule has 3 aromatic rings. The maximum Gasteiger partial charge on any atom is 0.253 e. The number of benzene rings is 2. The highest BCUT2D eigenvalue weighted by molar-refractivity contribution is 6.32. The summed E-state index contributed by atoms with van der Waals surface area (Å²) in [7, 11) is 0. The van der Waals surface area contributed by atoms with Crippen molar-refractivity contribution in [2.45, 2.75) is 18.6 Å². The summed E-state index contributed by atoms with van der Waals surface area (Å²) in [5.41, 5.74) is 2.36. The van der Waals surface area contributed by atoms with E-state index < -0.39 is 0 Å². The van der Waals surface area contributed by atoms with E-state index in [0.717, 1.165) is 17.5 Å². The summed E-state index contributed by atoms with van der Waals surface area (Å²) in [6.45, 7) is 1.19. The topological polar surface area (TPSA) is 60.5 Å². The molecule has 1 saturated heterocycles. The van der Waals surface area contributed by atoms with Crippen LogP contribution in [-0.4, -0.2) is 30.2 Å². The molecule has 29 heavy (non-hydrogen) atoms. The third-order valence-electron chi connectivity index (χ3n) is 4.78. The van der Waals surface area contributed by atoms with Gasteiger partial charge in [0.1, 0.15) is 11.1 Å². The van der Waals surface area contributed by atoms with E-state index >= 15 is 0 Å². The van der Waals surface area contributed by atoms with Gasteiger partial charge in [0.15, 0.2) is 0 Å². The molecule has 6 heteroatoms. The number of halogens is 1. The highest BCUT2D eigenvalue weighted by Gasteiger charge is 2.21. The second-order valence-electron chi connectivity index (χ2n) is 6.84. The Morgan fingerprint density at radius 3 is 2.31 bits per heavy atom. The SMILES string of the molecule is O=C(NC(c1ccccc1)c1ccccc1)c1cnc(O[C@H]2CCOC2)c(Cl)c1. The van der Waals surface area contributed by atoms with Gasteiger partial charge in [-0.15, -0.1) is 0 Å². The number of pyridine rings is 1. The molecule has 2 heterocycles. The van der Waals surface area contributed by atoms with Crippen LogP contribution in [0, 0.1) is 0 Å². The first-order valence-electron chi connectivity index (χ1n) is 9.51. The van der Waals surface area contributed by atoms with Crippen molar-refractivity contribution >= 4 is 17.5 Å². The molecule has 1 fully saturated rings. The van der Waals surface area contributed by atoms with Gasteiger partial charge in [-0.1, -0.05) is 72.3 Å². The van der Waals surface area contributed by atoms with Crippen LogP contribution >= 0.6 is 11.6 Å². The van der Waals surface area contributed by atoms with Crippen LogP contribution in [0.5, 0.6) is 5.88 Å². The Morgan fingerprint density at radius 2 is 1.76 bits per heavy atom. The molecule has 5 nitrogen and oxygen atoms in total. The first kappa shape index (κ1) is 19.4. The van der Waals surface area contributed by atoms with E-state index in [2.05, 4.69) is 10.3 Å². The average molecular weight is 409 g/mol. The molecule has 0 saturated carbocycles. The van der Waals surface area contributed by atoms with E-state index in [-0.39, 0.29) is 18.1 Å². The lowest BCUT2D eigenvalue weighted by atomic mass is 9.98. The quantitative estimate of drug-likeness (QED) is 0.655. The van der Waals surface area contributed by atoms with Gasteiger partial charge >= 0.3 is 0 Å². The molecule has 1 aliphatic rings. The maximum atomic E-state index is 12.9. The van der Waals surface area contributed by atoms with Crippen molar-refractivity contribution in [3.8, 4) is 5.88 Å². The lowest BCUT2D eigenvalue weighted by molar-refractivity contribution is 0.0942. The van der Waals surface area contributed by atoms with Crippen molar-refractivity contribution in [3.05, 3.63) is 94.6 Å². The van der Waals surface area contributed by atoms with Crippen LogP contribution in [-0.2, 0) is 4.74 Å². The zero-order valence-electron chi connectivity index (χ0n) is 15.8. The fourth-order valence-corrected chi connectivity index (χ4v) is 3.48. The Kier molecular flexibility index (Phi) is 6.08. The molecule has 148 valence electrons. The predicted molar refractivity (Wildman–Crippen MR) is 111 cm³/mol. The minimum Gasteiger partial charge on any atom is -0.471 e. The predicted octanol–water partition coefficient (Wildman–Crippen LogP) is 4.42. The Balaban J connectivity index is 1.54. The Bertz CT molecular complexity index is 921. The van der Waals surface area contributed by atoms with Crippen LogP contribution in [0.2, 0.25) is 5.02 Å². The van der Waals surface area contributed by atoms with Gasteiger partial charge in [0, 0.05) is 12.6 Å². The van der Waals surface area contributed by atoms with Crippen LogP contribution < -0.4 is 10.1 Å². The Hall–Kier alpha value is -2.89. The van der Waals surface area contributed by atoms with Crippen molar-refractivity contribution in [3.63, 3.8) is 0 Å². The molecular formula is C23H21ClN2O3. The summed E-state index contributed by atoms with van der Waals surface area (Å²) in [5, 5.41) is 3.39.